The molecule has 0 saturated heterocycles. The van der Waals surface area contributed by atoms with Gasteiger partial charge in [0.25, 0.3) is 0 Å². The number of Topliss-reactive ketones (excluding diaryl/α,β-unsaturated/α-hetero) is 1. The van der Waals surface area contributed by atoms with Gasteiger partial charge in [0.2, 0.25) is 0 Å². The van der Waals surface area contributed by atoms with Crippen LogP contribution in [0, 0.1) is 5.92 Å². The lowest BCUT2D eigenvalue weighted by atomic mass is 10.1. The fraction of sp³-hybridized carbons (Fsp3) is 0.333. The summed E-state index contributed by atoms with van der Waals surface area (Å²) in [4.78, 5) is 22.9. The molecule has 0 radical (unpaired) electrons. The molecule has 1 saturated carbocycles. The molecule has 17 heavy (non-hydrogen) atoms. The van der Waals surface area contributed by atoms with E-state index in [1.165, 1.54) is 0 Å². The molecule has 5 heteroatoms. The number of nitrogens with one attached hydrogen (secondary N) is 1. The van der Waals surface area contributed by atoms with E-state index in [1.807, 2.05) is 18.2 Å². The lowest BCUT2D eigenvalue weighted by Gasteiger charge is -2.14. The fourth-order valence-corrected chi connectivity index (χ4v) is 2.60. The van der Waals surface area contributed by atoms with Crippen LogP contribution in [0.25, 0.3) is 0 Å². The highest BCUT2D eigenvalue weighted by atomic mass is 32.2. The molecule has 1 aromatic carbocycles. The summed E-state index contributed by atoms with van der Waals surface area (Å²) in [7, 11) is 0. The van der Waals surface area contributed by atoms with Gasteiger partial charge in [-0.15, -0.1) is 0 Å². The van der Waals surface area contributed by atoms with Crippen molar-refractivity contribution in [2.75, 3.05) is 0 Å². The molecule has 1 fully saturated rings. The summed E-state index contributed by atoms with van der Waals surface area (Å²) in [5.74, 6) is 0.423. The minimum atomic E-state index is -0.610. The van der Waals surface area contributed by atoms with Crippen molar-refractivity contribution in [3.63, 3.8) is 0 Å². The summed E-state index contributed by atoms with van der Waals surface area (Å²) < 4.78 is 2.45. The molecule has 1 aliphatic carbocycles. The largest absolute Gasteiger partial charge is 0.351 e. The zero-order valence-corrected chi connectivity index (χ0v) is 10.1. The number of nitrogens with two attached hydrogens (primary N) is 1. The van der Waals surface area contributed by atoms with Crippen LogP contribution in [0.15, 0.2) is 30.3 Å². The predicted molar refractivity (Wildman–Crippen MR) is 67.6 cm³/mol. The normalized spacial score (nSPS) is 16.2. The highest BCUT2D eigenvalue weighted by Crippen LogP contribution is 2.39. The molecular formula is C12H14N2O2S. The Kier molecular flexibility index (Phi) is 3.68. The first-order chi connectivity index (χ1) is 8.18. The van der Waals surface area contributed by atoms with Gasteiger partial charge in [-0.05, 0) is 30.7 Å². The minimum absolute atomic E-state index is 0.0619. The van der Waals surface area contributed by atoms with E-state index in [9.17, 15) is 9.59 Å². The summed E-state index contributed by atoms with van der Waals surface area (Å²) in [6, 6.07) is 8.52. The number of carbonyl (C=O) groups excluding carboxylic acids is 2. The predicted octanol–water partition coefficient (Wildman–Crippen LogP) is 1.96. The van der Waals surface area contributed by atoms with Gasteiger partial charge in [-0.25, -0.2) is 4.79 Å². The number of amides is 2. The molecule has 0 aliphatic heterocycles. The number of ketones is 1. The van der Waals surface area contributed by atoms with Crippen LogP contribution in [0.1, 0.15) is 23.2 Å². The lowest BCUT2D eigenvalue weighted by molar-refractivity contribution is 0.0983. The van der Waals surface area contributed by atoms with Crippen molar-refractivity contribution in [2.24, 2.45) is 11.7 Å². The van der Waals surface area contributed by atoms with Crippen molar-refractivity contribution >= 4 is 23.8 Å². The minimum Gasteiger partial charge on any atom is -0.351 e. The van der Waals surface area contributed by atoms with E-state index in [-0.39, 0.29) is 11.0 Å². The Morgan fingerprint density at radius 3 is 2.47 bits per heavy atom. The van der Waals surface area contributed by atoms with Crippen molar-refractivity contribution in [1.29, 1.82) is 0 Å². The van der Waals surface area contributed by atoms with E-state index in [4.69, 9.17) is 5.73 Å². The second kappa shape index (κ2) is 5.23. The van der Waals surface area contributed by atoms with Crippen LogP contribution in [0.5, 0.6) is 0 Å². The third kappa shape index (κ3) is 3.23. The van der Waals surface area contributed by atoms with Crippen LogP contribution in [-0.4, -0.2) is 17.1 Å². The third-order valence-corrected chi connectivity index (χ3v) is 3.83. The van der Waals surface area contributed by atoms with Gasteiger partial charge in [-0.3, -0.25) is 9.52 Å². The highest BCUT2D eigenvalue weighted by Gasteiger charge is 2.37. The molecule has 0 aromatic heterocycles. The molecule has 4 nitrogen and oxygen atoms in total. The number of primary amides is 1. The number of rotatable bonds is 5. The molecule has 0 spiro atoms. The Balaban J connectivity index is 2.05. The van der Waals surface area contributed by atoms with Crippen molar-refractivity contribution in [3.05, 3.63) is 35.9 Å². The average Bonchev–Trinajstić information content (AvgIpc) is 3.14. The first-order valence-corrected chi connectivity index (χ1v) is 6.37. The maximum Gasteiger partial charge on any atom is 0.322 e. The van der Waals surface area contributed by atoms with Gasteiger partial charge < -0.3 is 5.73 Å². The van der Waals surface area contributed by atoms with Gasteiger partial charge in [0.05, 0.1) is 5.25 Å². The summed E-state index contributed by atoms with van der Waals surface area (Å²) in [6.07, 6.45) is 2.08. The lowest BCUT2D eigenvalue weighted by Crippen LogP contribution is -2.30. The molecule has 2 rings (SSSR count). The Hall–Kier alpha value is -1.49. The topological polar surface area (TPSA) is 72.2 Å². The van der Waals surface area contributed by atoms with E-state index in [2.05, 4.69) is 4.72 Å². The zero-order valence-electron chi connectivity index (χ0n) is 9.26. The summed E-state index contributed by atoms with van der Waals surface area (Å²) >= 11 is 1.13. The quantitative estimate of drug-likeness (QED) is 0.620. The summed E-state index contributed by atoms with van der Waals surface area (Å²) in [5, 5.41) is -0.218. The van der Waals surface area contributed by atoms with E-state index in [1.54, 1.807) is 12.1 Å². The fourth-order valence-electron chi connectivity index (χ4n) is 1.65. The van der Waals surface area contributed by atoms with Gasteiger partial charge in [-0.1, -0.05) is 30.3 Å². The molecule has 90 valence electrons. The van der Waals surface area contributed by atoms with Crippen LogP contribution in [0.3, 0.4) is 0 Å². The zero-order chi connectivity index (χ0) is 12.3. The van der Waals surface area contributed by atoms with Crippen LogP contribution in [0.4, 0.5) is 4.79 Å². The number of carbonyl (C=O) groups is 2. The second-order valence-corrected chi connectivity index (χ2v) is 5.02. The molecular weight excluding hydrogens is 236 g/mol. The Morgan fingerprint density at radius 1 is 1.29 bits per heavy atom. The van der Waals surface area contributed by atoms with E-state index in [0.29, 0.717) is 11.5 Å². The Labute approximate surface area is 104 Å². The van der Waals surface area contributed by atoms with Crippen LogP contribution in [-0.2, 0) is 0 Å². The SMILES string of the molecule is NC(=O)NSC(C(=O)c1ccccc1)C1CC1. The van der Waals surface area contributed by atoms with Gasteiger partial charge in [0, 0.05) is 5.56 Å². The molecule has 1 unspecified atom stereocenters. The molecule has 0 heterocycles. The Bertz CT molecular complexity index is 418. The average molecular weight is 250 g/mol. The summed E-state index contributed by atoms with van der Waals surface area (Å²) in [5.41, 5.74) is 5.70. The van der Waals surface area contributed by atoms with Crippen molar-refractivity contribution in [3.8, 4) is 0 Å². The Morgan fingerprint density at radius 2 is 1.94 bits per heavy atom. The van der Waals surface area contributed by atoms with Crippen LogP contribution >= 0.6 is 11.9 Å². The van der Waals surface area contributed by atoms with Crippen LogP contribution < -0.4 is 10.5 Å². The summed E-state index contributed by atoms with van der Waals surface area (Å²) in [6.45, 7) is 0. The number of urea groups is 1. The van der Waals surface area contributed by atoms with Gasteiger partial charge in [0.15, 0.2) is 5.78 Å². The maximum atomic E-state index is 12.2. The van der Waals surface area contributed by atoms with Gasteiger partial charge in [-0.2, -0.15) is 0 Å². The van der Waals surface area contributed by atoms with Crippen LogP contribution in [0.2, 0.25) is 0 Å². The van der Waals surface area contributed by atoms with Gasteiger partial charge in [0.1, 0.15) is 0 Å². The highest BCUT2D eigenvalue weighted by molar-refractivity contribution is 7.99. The van der Waals surface area contributed by atoms with E-state index in [0.717, 1.165) is 24.8 Å². The standard InChI is InChI=1S/C12H14N2O2S/c13-12(16)14-17-11(9-6-7-9)10(15)8-4-2-1-3-5-8/h1-5,9,11H,6-7H2,(H3,13,14,16). The molecule has 1 atom stereocenters. The molecule has 1 aliphatic rings. The first kappa shape index (κ1) is 12.0. The molecule has 0 bridgehead atoms. The molecule has 1 aromatic rings. The molecule has 3 N–H and O–H groups in total. The van der Waals surface area contributed by atoms with Crippen molar-refractivity contribution in [2.45, 2.75) is 18.1 Å². The number of benzene rings is 1. The first-order valence-electron chi connectivity index (χ1n) is 5.49. The maximum absolute atomic E-state index is 12.2. The molecule has 2 amide bonds. The monoisotopic (exact) mass is 250 g/mol. The van der Waals surface area contributed by atoms with E-state index < -0.39 is 6.03 Å². The number of hydrogen-bond donors (Lipinski definition) is 2. The van der Waals surface area contributed by atoms with Gasteiger partial charge >= 0.3 is 6.03 Å². The smallest absolute Gasteiger partial charge is 0.322 e. The second-order valence-electron chi connectivity index (χ2n) is 4.07. The number of hydrogen-bond acceptors (Lipinski definition) is 3. The van der Waals surface area contributed by atoms with Crippen molar-refractivity contribution < 1.29 is 9.59 Å². The third-order valence-electron chi connectivity index (χ3n) is 2.65. The van der Waals surface area contributed by atoms with Crippen molar-refractivity contribution in [1.82, 2.24) is 4.72 Å². The van der Waals surface area contributed by atoms with E-state index >= 15 is 0 Å².